The van der Waals surface area contributed by atoms with Crippen molar-refractivity contribution < 1.29 is 104 Å². The number of likely N-dealkylation sites (tertiary alicyclic amines) is 5. The van der Waals surface area contributed by atoms with Crippen molar-refractivity contribution in [2.24, 2.45) is 58.3 Å². The second kappa shape index (κ2) is 56.5. The zero-order valence-corrected chi connectivity index (χ0v) is 84.9. The molecule has 15 rings (SSSR count). The standard InChI is InChI=1S/C22H35BN2O4.C21H32BFN2O4.C21H34BN3O5.2C21H33BN2O4/c24-22(21(26)27,12-3-4-13-23(28)29)19-8-5-14-25(15-11-19)20-10-9-17-6-1-2-7-18(17)16-20;23-17-7-5-15-6-8-19(18(15)14-17)25-12-3-4-16(9-13-25)21(24,20(26)27)10-1-2-11-22(28)29;23-21(20(27)28,9-1-2-10-22(29)30)16-6-4-11-25(12-8-16)18-7-3-5-15-14-24-19(26)13-17(15)18;23-21(20(25)26,12-3-4-13-22(27)28)17-7-5-14-24(15-11-17)19-10-9-16-6-1-2-8-18(16)19;23-21(20(25)26,10-3-4-11-22(27)28)18-8-5-12-24(13-9-18)19-14-16-6-1-2-7-17(16)15-19/h1-2,6-7,19-20,28-29H,3-5,8-16,24H2,(H,26,27);5,7,14,16,19,28-29H,1-4,6,8-13,24H2,(H,26,27);13-14,16,18,29-30H,1-12,23H2,(H,24,26)(H,27,28);1-2,6,8,17,19,27-28H,3-5,7,9-15,23H2,(H,25,26);1-2,6-7,18-19,27-28H,3-5,8-15,23H2,(H,25,26). The van der Waals surface area contributed by atoms with E-state index in [-0.39, 0.29) is 84.7 Å². The lowest BCUT2D eigenvalue weighted by molar-refractivity contribution is -0.147. The molecule has 5 aliphatic heterocycles. The third-order valence-corrected chi connectivity index (χ3v) is 34.3. The van der Waals surface area contributed by atoms with Crippen LogP contribution in [0.15, 0.2) is 108 Å². The number of nitrogens with one attached hydrogen (secondary N) is 1. The first-order valence-electron chi connectivity index (χ1n) is 54.2. The molecule has 26 N–H and O–H groups in total. The van der Waals surface area contributed by atoms with E-state index in [4.69, 9.17) is 78.9 Å². The highest BCUT2D eigenvalue weighted by atomic mass is 19.1. The summed E-state index contributed by atoms with van der Waals surface area (Å²) in [5.74, 6) is -5.32. The Hall–Kier alpha value is -7.37. The largest absolute Gasteiger partial charge is 0.480 e. The normalized spacial score (nSPS) is 24.4. The van der Waals surface area contributed by atoms with Gasteiger partial charge in [-0.15, -0.1) is 0 Å². The molecule has 10 aliphatic rings. The van der Waals surface area contributed by atoms with Crippen molar-refractivity contribution in [2.75, 3.05) is 65.4 Å². The fraction of sp³-hybridized carbons (Fsp3) is 0.679. The van der Waals surface area contributed by atoms with E-state index in [2.05, 4.69) is 102 Å². The van der Waals surface area contributed by atoms with Crippen molar-refractivity contribution in [3.8, 4) is 0 Å². The molecule has 4 aromatic carbocycles. The number of aromatic amines is 1. The molecule has 0 spiro atoms. The van der Waals surface area contributed by atoms with Crippen molar-refractivity contribution in [3.05, 3.63) is 175 Å². The molecule has 0 amide bonds. The highest BCUT2D eigenvalue weighted by Crippen LogP contribution is 2.45. The Morgan fingerprint density at radius 3 is 0.965 bits per heavy atom. The topological polar surface area (TPSA) is 568 Å². The molecule has 5 saturated heterocycles. The maximum atomic E-state index is 13.8. The highest BCUT2D eigenvalue weighted by Gasteiger charge is 2.50. The van der Waals surface area contributed by atoms with Crippen molar-refractivity contribution >= 4 is 65.4 Å². The average molecular weight is 2000 g/mol. The van der Waals surface area contributed by atoms with Crippen LogP contribution in [0.5, 0.6) is 0 Å². The number of pyridine rings is 1. The number of hydrogen-bond acceptors (Lipinski definition) is 26. The molecule has 5 aliphatic carbocycles. The fourth-order valence-electron chi connectivity index (χ4n) is 25.7. The minimum atomic E-state index is -1.36. The summed E-state index contributed by atoms with van der Waals surface area (Å²) in [5, 5.41) is 139. The number of hydrogen-bond donors (Lipinski definition) is 21. The van der Waals surface area contributed by atoms with Crippen molar-refractivity contribution in [3.63, 3.8) is 0 Å². The lowest BCUT2D eigenvalue weighted by Crippen LogP contribution is -2.54. The van der Waals surface area contributed by atoms with E-state index in [9.17, 15) is 58.7 Å². The molecule has 0 saturated carbocycles. The Bertz CT molecular complexity index is 4890. The average Bonchev–Trinajstić information content (AvgIpc) is 1.70. The van der Waals surface area contributed by atoms with Gasteiger partial charge in [-0.3, -0.25) is 48.4 Å². The van der Waals surface area contributed by atoms with E-state index in [1.807, 2.05) is 12.3 Å². The van der Waals surface area contributed by atoms with E-state index < -0.39 is 93.1 Å². The van der Waals surface area contributed by atoms with Crippen LogP contribution in [-0.2, 0) is 68.9 Å². The molecular weight excluding hydrogens is 1840 g/mol. The van der Waals surface area contributed by atoms with Crippen LogP contribution < -0.4 is 34.2 Å². The van der Waals surface area contributed by atoms with Gasteiger partial charge in [-0.2, -0.15) is 0 Å². The summed E-state index contributed by atoms with van der Waals surface area (Å²) >= 11 is 0. The SMILES string of the molecule is NC(CCCCB(O)O)(C(=O)O)C1CCCN(C2CCCc3c[nH]c(=O)cc32)CC1.NC(CCCCB(O)O)(C(=O)O)C1CCCN(C2CCc3ccc(F)cc32)CC1.NC(CCCCB(O)O)(C(=O)O)C1CCCN(C2CCc3ccccc32)CC1.NC(CCCCB(O)O)(C(=O)O)C1CCCN(C2CCc3ccccc3C2)CC1.NC(CCCCB(O)O)(C(=O)O)C1CCCN(C2Cc3ccccc3C2)CC1. The Morgan fingerprint density at radius 1 is 0.306 bits per heavy atom. The van der Waals surface area contributed by atoms with Crippen LogP contribution in [-0.4, -0.2) is 276 Å². The number of H-pyrrole nitrogens is 1. The zero-order valence-electron chi connectivity index (χ0n) is 84.9. The first-order chi connectivity index (χ1) is 68.8. The third kappa shape index (κ3) is 32.6. The molecule has 5 aromatic rings. The summed E-state index contributed by atoms with van der Waals surface area (Å²) in [6.45, 7) is 8.94. The molecule has 0 bridgehead atoms. The molecule has 14 atom stereocenters. The lowest BCUT2D eigenvalue weighted by Gasteiger charge is -2.36. The number of rotatable bonds is 40. The molecule has 14 unspecified atom stereocenters. The smallest absolute Gasteiger partial charge is 0.451 e. The van der Waals surface area contributed by atoms with Gasteiger partial charge in [0.1, 0.15) is 33.5 Å². The minimum Gasteiger partial charge on any atom is -0.480 e. The Balaban J connectivity index is 0.000000172. The van der Waals surface area contributed by atoms with Crippen LogP contribution in [0.2, 0.25) is 31.6 Å². The number of nitrogens with two attached hydrogens (primary N) is 5. The number of carboxylic acids is 5. The van der Waals surface area contributed by atoms with E-state index in [1.165, 1.54) is 50.6 Å². The van der Waals surface area contributed by atoms with Crippen LogP contribution in [0.3, 0.4) is 0 Å². The number of carbonyl (C=O) groups is 5. The summed E-state index contributed by atoms with van der Waals surface area (Å²) in [6.07, 6.45) is 35.8. The number of aliphatic carboxylic acids is 5. The molecule has 0 radical (unpaired) electrons. The molecule has 1 aromatic heterocycles. The van der Waals surface area contributed by atoms with Gasteiger partial charge in [0.2, 0.25) is 5.56 Å². The van der Waals surface area contributed by atoms with Gasteiger partial charge in [-0.05, 0) is 400 Å². The fourth-order valence-corrected chi connectivity index (χ4v) is 25.7. The quantitative estimate of drug-likeness (QED) is 0.0128. The van der Waals surface area contributed by atoms with E-state index >= 15 is 0 Å². The predicted octanol–water partition coefficient (Wildman–Crippen LogP) is 9.57. The number of benzene rings is 4. The van der Waals surface area contributed by atoms with E-state index in [1.54, 1.807) is 12.1 Å². The van der Waals surface area contributed by atoms with Gasteiger partial charge in [0, 0.05) is 42.5 Å². The van der Waals surface area contributed by atoms with Gasteiger partial charge in [-0.25, -0.2) is 4.39 Å². The van der Waals surface area contributed by atoms with Gasteiger partial charge in [-0.1, -0.05) is 143 Å². The summed E-state index contributed by atoms with van der Waals surface area (Å²) in [7, 11) is -6.73. The molecule has 5 fully saturated rings. The number of aromatic nitrogens is 1. The van der Waals surface area contributed by atoms with Gasteiger partial charge < -0.3 is 114 Å². The maximum Gasteiger partial charge on any atom is 0.451 e. The second-order valence-electron chi connectivity index (χ2n) is 43.5. The third-order valence-electron chi connectivity index (χ3n) is 34.3. The summed E-state index contributed by atoms with van der Waals surface area (Å²) < 4.78 is 13.8. The van der Waals surface area contributed by atoms with Crippen molar-refractivity contribution in [1.82, 2.24) is 29.5 Å². The summed E-state index contributed by atoms with van der Waals surface area (Å²) in [6, 6.07) is 34.7. The zero-order chi connectivity index (χ0) is 104. The van der Waals surface area contributed by atoms with E-state index in [0.717, 1.165) is 237 Å². The summed E-state index contributed by atoms with van der Waals surface area (Å²) in [4.78, 5) is 87.2. The monoisotopic (exact) mass is 2000 g/mol. The van der Waals surface area contributed by atoms with Gasteiger partial charge in [0.15, 0.2) is 0 Å². The molecule has 144 heavy (non-hydrogen) atoms. The lowest BCUT2D eigenvalue weighted by atomic mass is 9.75. The number of carboxylic acid groups (broad SMARTS) is 5. The number of fused-ring (bicyclic) bond motifs is 5. The van der Waals surface area contributed by atoms with Gasteiger partial charge in [0.25, 0.3) is 0 Å². The van der Waals surface area contributed by atoms with Crippen molar-refractivity contribution in [1.29, 1.82) is 0 Å². The number of aryl methyl sites for hydroxylation is 4. The molecule has 6 heterocycles. The second-order valence-corrected chi connectivity index (χ2v) is 43.5. The number of nitrogens with zero attached hydrogens (tertiary/aromatic N) is 5. The van der Waals surface area contributed by atoms with Crippen LogP contribution in [0, 0.1) is 35.4 Å². The Labute approximate surface area is 852 Å². The number of halogens is 1. The molecular formula is C106H167B5FN11O21. The highest BCUT2D eigenvalue weighted by molar-refractivity contribution is 6.42. The van der Waals surface area contributed by atoms with Crippen LogP contribution in [0.4, 0.5) is 4.39 Å². The predicted molar refractivity (Wildman–Crippen MR) is 559 cm³/mol. The first kappa shape index (κ1) is 117. The van der Waals surface area contributed by atoms with Gasteiger partial charge >= 0.3 is 65.4 Å². The van der Waals surface area contributed by atoms with Crippen LogP contribution >= 0.6 is 0 Å². The molecule has 32 nitrogen and oxygen atoms in total. The Kier molecular flexibility index (Phi) is 45.9. The maximum absolute atomic E-state index is 13.8. The van der Waals surface area contributed by atoms with E-state index in [0.29, 0.717) is 127 Å². The summed E-state index contributed by atoms with van der Waals surface area (Å²) in [5.41, 5.74) is 39.1. The van der Waals surface area contributed by atoms with Crippen LogP contribution in [0.1, 0.15) is 298 Å². The number of unbranched alkanes of at least 4 members (excludes halogenated alkanes) is 5. The molecule has 794 valence electrons. The Morgan fingerprint density at radius 2 is 0.597 bits per heavy atom. The minimum absolute atomic E-state index is 0.0417. The first-order valence-corrected chi connectivity index (χ1v) is 54.2. The van der Waals surface area contributed by atoms with Crippen LogP contribution in [0.25, 0.3) is 0 Å². The van der Waals surface area contributed by atoms with Gasteiger partial charge in [0.05, 0.1) is 0 Å². The van der Waals surface area contributed by atoms with Crippen molar-refractivity contribution in [2.45, 2.75) is 359 Å². The molecule has 38 heteroatoms.